The fourth-order valence-corrected chi connectivity index (χ4v) is 2.28. The van der Waals surface area contributed by atoms with Crippen molar-refractivity contribution in [2.75, 3.05) is 19.0 Å². The number of carbonyl (C=O) groups excluding carboxylic acids is 1. The average Bonchev–Trinajstić information content (AvgIpc) is 2.96. The van der Waals surface area contributed by atoms with Crippen LogP contribution in [0, 0.1) is 0 Å². The van der Waals surface area contributed by atoms with E-state index in [0.29, 0.717) is 28.9 Å². The lowest BCUT2D eigenvalue weighted by atomic mass is 10.2. The number of aromatic nitrogens is 2. The molecule has 0 aliphatic rings. The molecule has 0 aliphatic carbocycles. The van der Waals surface area contributed by atoms with Crippen LogP contribution in [-0.4, -0.2) is 29.4 Å². The minimum absolute atomic E-state index is 0.282. The molecule has 2 aromatic rings. The topological polar surface area (TPSA) is 65.4 Å². The Morgan fingerprint density at radius 2 is 2.25 bits per heavy atom. The predicted molar refractivity (Wildman–Crippen MR) is 94.7 cm³/mol. The molecular weight excluding hydrogens is 330 g/mol. The van der Waals surface area contributed by atoms with E-state index in [2.05, 4.69) is 10.4 Å². The highest BCUT2D eigenvalue weighted by Crippen LogP contribution is 2.36. The zero-order valence-corrected chi connectivity index (χ0v) is 14.6. The third-order valence-corrected chi connectivity index (χ3v) is 3.38. The summed E-state index contributed by atoms with van der Waals surface area (Å²) < 4.78 is 12.5. The Balaban J connectivity index is 2.10. The maximum absolute atomic E-state index is 11.9. The monoisotopic (exact) mass is 349 g/mol. The third kappa shape index (κ3) is 4.76. The molecule has 0 saturated carbocycles. The van der Waals surface area contributed by atoms with Gasteiger partial charge in [-0.15, -0.1) is 0 Å². The second-order valence-electron chi connectivity index (χ2n) is 5.08. The molecule has 0 spiro atoms. The molecule has 1 aromatic carbocycles. The fourth-order valence-electron chi connectivity index (χ4n) is 2.00. The van der Waals surface area contributed by atoms with Crippen LogP contribution in [0.2, 0.25) is 5.02 Å². The lowest BCUT2D eigenvalue weighted by Gasteiger charge is -2.12. The molecule has 24 heavy (non-hydrogen) atoms. The Hall–Kier alpha value is -2.47. The summed E-state index contributed by atoms with van der Waals surface area (Å²) in [7, 11) is 3.33. The van der Waals surface area contributed by atoms with Crippen LogP contribution in [-0.2, 0) is 11.8 Å². The Morgan fingerprint density at radius 1 is 1.46 bits per heavy atom. The van der Waals surface area contributed by atoms with Crippen molar-refractivity contribution < 1.29 is 14.3 Å². The van der Waals surface area contributed by atoms with Crippen LogP contribution in [0.15, 0.2) is 30.5 Å². The third-order valence-electron chi connectivity index (χ3n) is 3.09. The summed E-state index contributed by atoms with van der Waals surface area (Å²) in [6.45, 7) is 2.56. The number of hydrogen-bond acceptors (Lipinski definition) is 4. The van der Waals surface area contributed by atoms with Crippen molar-refractivity contribution >= 4 is 29.4 Å². The fraction of sp³-hybridized carbons (Fsp3) is 0.294. The molecule has 0 fully saturated rings. The van der Waals surface area contributed by atoms with Crippen LogP contribution in [0.5, 0.6) is 11.5 Å². The highest BCUT2D eigenvalue weighted by atomic mass is 35.5. The van der Waals surface area contributed by atoms with E-state index in [1.807, 2.05) is 6.92 Å². The van der Waals surface area contributed by atoms with Crippen molar-refractivity contribution in [1.82, 2.24) is 9.78 Å². The SMILES string of the molecule is CCCOc1c(Cl)cc(/C=C/C(=O)Nc2ccn(C)n2)cc1OC. The molecule has 1 amide bonds. The molecule has 1 heterocycles. The van der Waals surface area contributed by atoms with Crippen LogP contribution in [0.25, 0.3) is 6.08 Å². The largest absolute Gasteiger partial charge is 0.493 e. The summed E-state index contributed by atoms with van der Waals surface area (Å²) in [6.07, 6.45) is 5.68. The van der Waals surface area contributed by atoms with E-state index >= 15 is 0 Å². The van der Waals surface area contributed by atoms with Gasteiger partial charge in [-0.3, -0.25) is 9.48 Å². The van der Waals surface area contributed by atoms with Gasteiger partial charge in [0, 0.05) is 25.4 Å². The number of nitrogens with one attached hydrogen (secondary N) is 1. The van der Waals surface area contributed by atoms with Gasteiger partial charge in [-0.05, 0) is 30.2 Å². The number of benzene rings is 1. The smallest absolute Gasteiger partial charge is 0.249 e. The number of anilines is 1. The van der Waals surface area contributed by atoms with Crippen LogP contribution in [0.3, 0.4) is 0 Å². The van der Waals surface area contributed by atoms with E-state index in [-0.39, 0.29) is 5.91 Å². The van der Waals surface area contributed by atoms with Crippen LogP contribution in [0.1, 0.15) is 18.9 Å². The van der Waals surface area contributed by atoms with Crippen molar-refractivity contribution in [3.05, 3.63) is 41.1 Å². The lowest BCUT2D eigenvalue weighted by Crippen LogP contribution is -2.08. The first-order valence-corrected chi connectivity index (χ1v) is 7.90. The average molecular weight is 350 g/mol. The summed E-state index contributed by atoms with van der Waals surface area (Å²) in [5.41, 5.74) is 0.733. The van der Waals surface area contributed by atoms with Gasteiger partial charge in [0.05, 0.1) is 18.7 Å². The summed E-state index contributed by atoms with van der Waals surface area (Å²) in [6, 6.07) is 5.20. The first kappa shape index (κ1) is 17.9. The minimum Gasteiger partial charge on any atom is -0.493 e. The lowest BCUT2D eigenvalue weighted by molar-refractivity contribution is -0.111. The predicted octanol–water partition coefficient (Wildman–Crippen LogP) is 3.52. The number of amides is 1. The summed E-state index contributed by atoms with van der Waals surface area (Å²) in [4.78, 5) is 11.9. The summed E-state index contributed by atoms with van der Waals surface area (Å²) in [5, 5.41) is 7.19. The molecule has 0 radical (unpaired) electrons. The van der Waals surface area contributed by atoms with Crippen molar-refractivity contribution in [3.8, 4) is 11.5 Å². The number of nitrogens with zero attached hydrogens (tertiary/aromatic N) is 2. The van der Waals surface area contributed by atoms with Gasteiger partial charge in [-0.2, -0.15) is 5.10 Å². The van der Waals surface area contributed by atoms with Crippen molar-refractivity contribution in [2.45, 2.75) is 13.3 Å². The van der Waals surface area contributed by atoms with Crippen molar-refractivity contribution in [3.63, 3.8) is 0 Å². The Labute approximate surface area is 146 Å². The molecule has 0 bridgehead atoms. The van der Waals surface area contributed by atoms with Gasteiger partial charge in [-0.1, -0.05) is 18.5 Å². The van der Waals surface area contributed by atoms with Gasteiger partial charge in [0.1, 0.15) is 0 Å². The Kier molecular flexibility index (Phi) is 6.26. The van der Waals surface area contributed by atoms with Gasteiger partial charge in [0.25, 0.3) is 0 Å². The van der Waals surface area contributed by atoms with E-state index < -0.39 is 0 Å². The molecule has 0 unspecified atom stereocenters. The van der Waals surface area contributed by atoms with Crippen molar-refractivity contribution in [2.24, 2.45) is 7.05 Å². The standard InChI is InChI=1S/C17H20ClN3O3/c1-4-9-24-17-13(18)10-12(11-14(17)23-3)5-6-16(22)19-15-7-8-21(2)20-15/h5-8,10-11H,4,9H2,1-3H3,(H,19,20,22)/b6-5+. The zero-order valence-electron chi connectivity index (χ0n) is 13.9. The van der Waals surface area contributed by atoms with Crippen LogP contribution in [0.4, 0.5) is 5.82 Å². The molecule has 2 rings (SSSR count). The molecule has 6 nitrogen and oxygen atoms in total. The van der Waals surface area contributed by atoms with Gasteiger partial charge in [0.15, 0.2) is 17.3 Å². The second kappa shape index (κ2) is 8.40. The quantitative estimate of drug-likeness (QED) is 0.777. The Bertz CT molecular complexity index is 741. The number of rotatable bonds is 7. The molecule has 1 N–H and O–H groups in total. The van der Waals surface area contributed by atoms with Gasteiger partial charge in [0.2, 0.25) is 5.91 Å². The first-order chi connectivity index (χ1) is 11.5. The molecule has 0 saturated heterocycles. The van der Waals surface area contributed by atoms with E-state index in [4.69, 9.17) is 21.1 Å². The number of carbonyl (C=O) groups is 1. The number of halogens is 1. The molecule has 7 heteroatoms. The molecule has 0 aliphatic heterocycles. The van der Waals surface area contributed by atoms with E-state index in [1.165, 1.54) is 6.08 Å². The first-order valence-electron chi connectivity index (χ1n) is 7.52. The highest BCUT2D eigenvalue weighted by molar-refractivity contribution is 6.32. The number of aryl methyl sites for hydroxylation is 1. The summed E-state index contributed by atoms with van der Waals surface area (Å²) >= 11 is 6.24. The van der Waals surface area contributed by atoms with E-state index in [0.717, 1.165) is 12.0 Å². The number of ether oxygens (including phenoxy) is 2. The highest BCUT2D eigenvalue weighted by Gasteiger charge is 2.11. The maximum atomic E-state index is 11.9. The molecular formula is C17H20ClN3O3. The van der Waals surface area contributed by atoms with Crippen LogP contribution >= 0.6 is 11.6 Å². The molecule has 1 aromatic heterocycles. The zero-order chi connectivity index (χ0) is 17.5. The maximum Gasteiger partial charge on any atom is 0.249 e. The van der Waals surface area contributed by atoms with Crippen LogP contribution < -0.4 is 14.8 Å². The number of hydrogen-bond donors (Lipinski definition) is 1. The van der Waals surface area contributed by atoms with Gasteiger partial charge < -0.3 is 14.8 Å². The van der Waals surface area contributed by atoms with Crippen molar-refractivity contribution in [1.29, 1.82) is 0 Å². The van der Waals surface area contributed by atoms with Gasteiger partial charge in [-0.25, -0.2) is 0 Å². The Morgan fingerprint density at radius 3 is 2.88 bits per heavy atom. The molecule has 0 atom stereocenters. The minimum atomic E-state index is -0.282. The van der Waals surface area contributed by atoms with Gasteiger partial charge >= 0.3 is 0 Å². The van der Waals surface area contributed by atoms with E-state index in [9.17, 15) is 4.79 Å². The summed E-state index contributed by atoms with van der Waals surface area (Å²) in [5.74, 6) is 1.25. The molecule has 128 valence electrons. The number of methoxy groups -OCH3 is 1. The second-order valence-corrected chi connectivity index (χ2v) is 5.49. The normalized spacial score (nSPS) is 10.8. The van der Waals surface area contributed by atoms with E-state index in [1.54, 1.807) is 49.3 Å².